The largest absolute Gasteiger partial charge is 0.354 e. The molecular weight excluding hydrogens is 398 g/mol. The van der Waals surface area contributed by atoms with Gasteiger partial charge in [-0.1, -0.05) is 24.3 Å². The van der Waals surface area contributed by atoms with Gasteiger partial charge in [0.2, 0.25) is 5.95 Å². The van der Waals surface area contributed by atoms with Crippen LogP contribution in [0.1, 0.15) is 29.9 Å². The number of nitrogens with one attached hydrogen (secondary N) is 2. The van der Waals surface area contributed by atoms with Gasteiger partial charge in [0.25, 0.3) is 5.56 Å². The summed E-state index contributed by atoms with van der Waals surface area (Å²) >= 11 is 0. The summed E-state index contributed by atoms with van der Waals surface area (Å²) in [7, 11) is 0. The molecule has 0 atom stereocenters. The second-order valence-electron chi connectivity index (χ2n) is 7.97. The fourth-order valence-corrected chi connectivity index (χ4v) is 4.38. The first-order chi connectivity index (χ1) is 15.1. The van der Waals surface area contributed by atoms with E-state index >= 15 is 0 Å². The van der Waals surface area contributed by atoms with Crippen LogP contribution in [0.3, 0.4) is 0 Å². The molecule has 0 saturated carbocycles. The highest BCUT2D eigenvalue weighted by Gasteiger charge is 2.29. The van der Waals surface area contributed by atoms with E-state index in [0.29, 0.717) is 18.4 Å². The molecule has 2 aromatic carbocycles. The topological polar surface area (TPSA) is 61.0 Å². The van der Waals surface area contributed by atoms with Crippen molar-refractivity contribution in [2.45, 2.75) is 18.8 Å². The van der Waals surface area contributed by atoms with Crippen molar-refractivity contribution in [1.82, 2.24) is 14.9 Å². The monoisotopic (exact) mass is 424 g/mol. The van der Waals surface area contributed by atoms with Crippen LogP contribution in [0.4, 0.5) is 14.7 Å². The highest BCUT2D eigenvalue weighted by molar-refractivity contribution is 5.34. The summed E-state index contributed by atoms with van der Waals surface area (Å²) in [6.45, 7) is 3.44. The van der Waals surface area contributed by atoms with Gasteiger partial charge in [0.05, 0.1) is 0 Å². The zero-order valence-corrected chi connectivity index (χ0v) is 17.2. The zero-order valence-electron chi connectivity index (χ0n) is 17.2. The van der Waals surface area contributed by atoms with E-state index in [2.05, 4.69) is 20.2 Å². The predicted molar refractivity (Wildman–Crippen MR) is 117 cm³/mol. The molecule has 0 unspecified atom stereocenters. The van der Waals surface area contributed by atoms with E-state index in [-0.39, 0.29) is 23.1 Å². The van der Waals surface area contributed by atoms with Gasteiger partial charge >= 0.3 is 0 Å². The first-order valence-electron chi connectivity index (χ1n) is 10.6. The van der Waals surface area contributed by atoms with Crippen molar-refractivity contribution >= 4 is 5.95 Å². The van der Waals surface area contributed by atoms with Crippen molar-refractivity contribution in [1.29, 1.82) is 0 Å². The second kappa shape index (κ2) is 9.83. The van der Waals surface area contributed by atoms with Crippen molar-refractivity contribution in [3.63, 3.8) is 0 Å². The highest BCUT2D eigenvalue weighted by Crippen LogP contribution is 2.38. The fourth-order valence-electron chi connectivity index (χ4n) is 4.38. The molecule has 1 aliphatic rings. The van der Waals surface area contributed by atoms with Gasteiger partial charge in [-0.05, 0) is 67.2 Å². The predicted octanol–water partition coefficient (Wildman–Crippen LogP) is 4.00. The molecule has 0 bridgehead atoms. The van der Waals surface area contributed by atoms with Crippen LogP contribution in [-0.2, 0) is 0 Å². The van der Waals surface area contributed by atoms with E-state index in [9.17, 15) is 13.6 Å². The van der Waals surface area contributed by atoms with Gasteiger partial charge in [-0.2, -0.15) is 0 Å². The number of aromatic amines is 1. The SMILES string of the molecule is O=c1ccnc(NCCN2CCC(C(c3ccc(F)cc3)c3ccc(F)cc3)CC2)[nH]1. The number of anilines is 1. The van der Waals surface area contributed by atoms with E-state index in [4.69, 9.17) is 0 Å². The van der Waals surface area contributed by atoms with Crippen LogP contribution < -0.4 is 10.9 Å². The minimum absolute atomic E-state index is 0.111. The Hall–Kier alpha value is -3.06. The van der Waals surface area contributed by atoms with Gasteiger partial charge in [-0.15, -0.1) is 0 Å². The number of likely N-dealkylation sites (tertiary alicyclic amines) is 1. The number of hydrogen-bond donors (Lipinski definition) is 2. The maximum absolute atomic E-state index is 13.5. The van der Waals surface area contributed by atoms with Crippen LogP contribution in [0.15, 0.2) is 65.6 Å². The Morgan fingerprint density at radius 1 is 0.968 bits per heavy atom. The molecule has 3 aromatic rings. The number of halogens is 2. The summed E-state index contributed by atoms with van der Waals surface area (Å²) in [5.41, 5.74) is 1.95. The summed E-state index contributed by atoms with van der Waals surface area (Å²) in [6.07, 6.45) is 3.48. The first kappa shape index (κ1) is 21.2. The van der Waals surface area contributed by atoms with Gasteiger partial charge in [0.1, 0.15) is 11.6 Å². The van der Waals surface area contributed by atoms with Crippen LogP contribution >= 0.6 is 0 Å². The Bertz CT molecular complexity index is 983. The van der Waals surface area contributed by atoms with Gasteiger partial charge in [0.15, 0.2) is 0 Å². The number of nitrogens with zero attached hydrogens (tertiary/aromatic N) is 2. The molecule has 1 fully saturated rings. The third-order valence-electron chi connectivity index (χ3n) is 5.95. The molecule has 0 aliphatic carbocycles. The van der Waals surface area contributed by atoms with E-state index < -0.39 is 0 Å². The quantitative estimate of drug-likeness (QED) is 0.602. The standard InChI is InChI=1S/C24H26F2N4O/c25-20-5-1-17(2-6-20)23(18-3-7-21(26)8-4-18)19-10-14-30(15-11-19)16-13-28-24-27-12-9-22(31)29-24/h1-9,12,19,23H,10-11,13-16H2,(H2,27,28,29,31). The average Bonchev–Trinajstić information content (AvgIpc) is 2.78. The molecule has 0 amide bonds. The zero-order chi connectivity index (χ0) is 21.6. The van der Waals surface area contributed by atoms with Crippen LogP contribution in [0, 0.1) is 17.6 Å². The van der Waals surface area contributed by atoms with Crippen LogP contribution in [0.5, 0.6) is 0 Å². The van der Waals surface area contributed by atoms with Gasteiger partial charge in [-0.25, -0.2) is 13.8 Å². The molecule has 2 heterocycles. The molecule has 162 valence electrons. The minimum atomic E-state index is -0.252. The van der Waals surface area contributed by atoms with Gasteiger partial charge < -0.3 is 10.2 Å². The van der Waals surface area contributed by atoms with Crippen LogP contribution in [-0.4, -0.2) is 41.0 Å². The molecule has 7 heteroatoms. The maximum atomic E-state index is 13.5. The van der Waals surface area contributed by atoms with Gasteiger partial charge in [0, 0.05) is 31.3 Å². The Balaban J connectivity index is 1.38. The van der Waals surface area contributed by atoms with E-state index in [1.165, 1.54) is 36.5 Å². The van der Waals surface area contributed by atoms with Gasteiger partial charge in [-0.3, -0.25) is 9.78 Å². The van der Waals surface area contributed by atoms with Crippen molar-refractivity contribution in [2.75, 3.05) is 31.5 Å². The molecule has 1 saturated heterocycles. The smallest absolute Gasteiger partial charge is 0.252 e. The number of rotatable bonds is 7. The summed E-state index contributed by atoms with van der Waals surface area (Å²) in [4.78, 5) is 20.5. The molecule has 31 heavy (non-hydrogen) atoms. The fraction of sp³-hybridized carbons (Fsp3) is 0.333. The van der Waals surface area contributed by atoms with Crippen molar-refractivity contribution in [2.24, 2.45) is 5.92 Å². The van der Waals surface area contributed by atoms with Crippen molar-refractivity contribution in [3.05, 3.63) is 93.9 Å². The summed E-state index contributed by atoms with van der Waals surface area (Å²) in [5, 5.41) is 3.15. The number of hydrogen-bond acceptors (Lipinski definition) is 4. The number of piperidine rings is 1. The lowest BCUT2D eigenvalue weighted by Gasteiger charge is -2.36. The van der Waals surface area contributed by atoms with Crippen molar-refractivity contribution < 1.29 is 8.78 Å². The molecule has 2 N–H and O–H groups in total. The van der Waals surface area contributed by atoms with E-state index in [1.807, 2.05) is 24.3 Å². The summed E-state index contributed by atoms with van der Waals surface area (Å²) < 4.78 is 27.0. The lowest BCUT2D eigenvalue weighted by Crippen LogP contribution is -2.38. The van der Waals surface area contributed by atoms with E-state index in [0.717, 1.165) is 43.6 Å². The third-order valence-corrected chi connectivity index (χ3v) is 5.95. The summed E-state index contributed by atoms with van der Waals surface area (Å²) in [6, 6.07) is 14.7. The number of benzene rings is 2. The Morgan fingerprint density at radius 3 is 2.10 bits per heavy atom. The maximum Gasteiger partial charge on any atom is 0.252 e. The van der Waals surface area contributed by atoms with Crippen LogP contribution in [0.2, 0.25) is 0 Å². The third kappa shape index (κ3) is 5.55. The van der Waals surface area contributed by atoms with Crippen molar-refractivity contribution in [3.8, 4) is 0 Å². The molecule has 0 spiro atoms. The second-order valence-corrected chi connectivity index (χ2v) is 7.97. The number of aromatic nitrogens is 2. The highest BCUT2D eigenvalue weighted by atomic mass is 19.1. The lowest BCUT2D eigenvalue weighted by atomic mass is 9.76. The Kier molecular flexibility index (Phi) is 6.72. The summed E-state index contributed by atoms with van der Waals surface area (Å²) in [5.74, 6) is 0.485. The van der Waals surface area contributed by atoms with E-state index in [1.54, 1.807) is 0 Å². The first-order valence-corrected chi connectivity index (χ1v) is 10.6. The number of H-pyrrole nitrogens is 1. The average molecular weight is 424 g/mol. The minimum Gasteiger partial charge on any atom is -0.354 e. The lowest BCUT2D eigenvalue weighted by molar-refractivity contribution is 0.180. The Morgan fingerprint density at radius 2 is 1.55 bits per heavy atom. The molecule has 1 aromatic heterocycles. The Labute approximate surface area is 180 Å². The van der Waals surface area contributed by atoms with Crippen LogP contribution in [0.25, 0.3) is 0 Å². The molecule has 1 aliphatic heterocycles. The molecule has 5 nitrogen and oxygen atoms in total. The normalized spacial score (nSPS) is 15.3. The molecule has 4 rings (SSSR count). The molecule has 0 radical (unpaired) electrons. The molecular formula is C24H26F2N4O.